The summed E-state index contributed by atoms with van der Waals surface area (Å²) < 4.78 is 6.33. The summed E-state index contributed by atoms with van der Waals surface area (Å²) in [7, 11) is 0. The zero-order valence-corrected chi connectivity index (χ0v) is 10.7. The lowest BCUT2D eigenvalue weighted by atomic mass is 9.83. The van der Waals surface area contributed by atoms with Crippen LogP contribution in [0.15, 0.2) is 0 Å². The zero-order valence-electron chi connectivity index (χ0n) is 10.7. The molecule has 2 heteroatoms. The van der Waals surface area contributed by atoms with Gasteiger partial charge in [-0.25, -0.2) is 0 Å². The second-order valence-corrected chi connectivity index (χ2v) is 5.77. The van der Waals surface area contributed by atoms with Gasteiger partial charge in [-0.3, -0.25) is 0 Å². The Morgan fingerprint density at radius 1 is 1.25 bits per heavy atom. The van der Waals surface area contributed by atoms with Crippen molar-refractivity contribution < 1.29 is 4.74 Å². The summed E-state index contributed by atoms with van der Waals surface area (Å²) in [6.07, 6.45) is 13.3. The van der Waals surface area contributed by atoms with E-state index in [4.69, 9.17) is 10.5 Å². The summed E-state index contributed by atoms with van der Waals surface area (Å²) in [4.78, 5) is 0. The third-order valence-corrected chi connectivity index (χ3v) is 4.49. The lowest BCUT2D eigenvalue weighted by Crippen LogP contribution is -2.32. The van der Waals surface area contributed by atoms with Crippen molar-refractivity contribution in [3.63, 3.8) is 0 Å². The Hall–Kier alpha value is -0.0800. The van der Waals surface area contributed by atoms with Gasteiger partial charge >= 0.3 is 0 Å². The molecular weight excluding hydrogens is 198 g/mol. The molecule has 0 bridgehead atoms. The van der Waals surface area contributed by atoms with Crippen LogP contribution in [0, 0.1) is 0 Å². The molecule has 2 nitrogen and oxygen atoms in total. The average Bonchev–Trinajstić information content (AvgIpc) is 2.70. The van der Waals surface area contributed by atoms with Crippen molar-refractivity contribution in [2.45, 2.75) is 88.9 Å². The lowest BCUT2D eigenvalue weighted by molar-refractivity contribution is -0.0663. The van der Waals surface area contributed by atoms with Gasteiger partial charge in [0.05, 0.1) is 11.7 Å². The second kappa shape index (κ2) is 5.50. The molecular formula is C14H27NO. The topological polar surface area (TPSA) is 35.2 Å². The van der Waals surface area contributed by atoms with Gasteiger partial charge in [-0.15, -0.1) is 0 Å². The fourth-order valence-electron chi connectivity index (χ4n) is 3.27. The van der Waals surface area contributed by atoms with Crippen LogP contribution in [-0.4, -0.2) is 17.7 Å². The van der Waals surface area contributed by atoms with E-state index in [1.165, 1.54) is 51.4 Å². The minimum atomic E-state index is 0.291. The van der Waals surface area contributed by atoms with Gasteiger partial charge in [0.2, 0.25) is 0 Å². The summed E-state index contributed by atoms with van der Waals surface area (Å²) in [5.74, 6) is 0. The molecule has 1 spiro atoms. The van der Waals surface area contributed by atoms with Gasteiger partial charge in [-0.05, 0) is 44.9 Å². The van der Waals surface area contributed by atoms with Gasteiger partial charge in [0.1, 0.15) is 0 Å². The summed E-state index contributed by atoms with van der Waals surface area (Å²) in [5.41, 5.74) is 6.26. The van der Waals surface area contributed by atoms with Gasteiger partial charge in [0, 0.05) is 6.04 Å². The SMILES string of the molecule is CCC(N)CCC1CCC2(CCCCC2)O1. The van der Waals surface area contributed by atoms with E-state index >= 15 is 0 Å². The first-order chi connectivity index (χ1) is 7.74. The molecule has 1 aliphatic heterocycles. The van der Waals surface area contributed by atoms with Crippen molar-refractivity contribution >= 4 is 0 Å². The Bertz CT molecular complexity index is 211. The fraction of sp³-hybridized carbons (Fsp3) is 1.00. The zero-order chi connectivity index (χ0) is 11.4. The average molecular weight is 225 g/mol. The summed E-state index contributed by atoms with van der Waals surface area (Å²) in [6.45, 7) is 2.17. The molecule has 2 rings (SSSR count). The Labute approximate surface area is 99.9 Å². The number of ether oxygens (including phenoxy) is 1. The van der Waals surface area contributed by atoms with E-state index in [9.17, 15) is 0 Å². The minimum Gasteiger partial charge on any atom is -0.372 e. The van der Waals surface area contributed by atoms with Crippen LogP contribution in [0.5, 0.6) is 0 Å². The number of nitrogens with two attached hydrogens (primary N) is 1. The Morgan fingerprint density at radius 2 is 2.00 bits per heavy atom. The van der Waals surface area contributed by atoms with Crippen LogP contribution in [0.3, 0.4) is 0 Å². The number of rotatable bonds is 4. The minimum absolute atomic E-state index is 0.291. The second-order valence-electron chi connectivity index (χ2n) is 5.77. The van der Waals surface area contributed by atoms with E-state index < -0.39 is 0 Å². The van der Waals surface area contributed by atoms with Crippen LogP contribution in [0.4, 0.5) is 0 Å². The highest BCUT2D eigenvalue weighted by atomic mass is 16.5. The quantitative estimate of drug-likeness (QED) is 0.796. The highest BCUT2D eigenvalue weighted by molar-refractivity contribution is 4.91. The van der Waals surface area contributed by atoms with Crippen molar-refractivity contribution in [1.82, 2.24) is 0 Å². The first-order valence-corrected chi connectivity index (χ1v) is 7.17. The maximum Gasteiger partial charge on any atom is 0.0687 e. The monoisotopic (exact) mass is 225 g/mol. The molecule has 0 aromatic rings. The van der Waals surface area contributed by atoms with Crippen LogP contribution in [-0.2, 0) is 4.74 Å². The van der Waals surface area contributed by atoms with Crippen molar-refractivity contribution in [2.24, 2.45) is 5.73 Å². The third-order valence-electron chi connectivity index (χ3n) is 4.49. The smallest absolute Gasteiger partial charge is 0.0687 e. The van der Waals surface area contributed by atoms with Crippen LogP contribution < -0.4 is 5.73 Å². The van der Waals surface area contributed by atoms with E-state index in [0.717, 1.165) is 12.8 Å². The van der Waals surface area contributed by atoms with Crippen molar-refractivity contribution in [2.75, 3.05) is 0 Å². The summed E-state index contributed by atoms with van der Waals surface area (Å²) in [5, 5.41) is 0. The fourth-order valence-corrected chi connectivity index (χ4v) is 3.27. The van der Waals surface area contributed by atoms with Crippen molar-refractivity contribution in [3.05, 3.63) is 0 Å². The maximum atomic E-state index is 6.33. The Balaban J connectivity index is 1.74. The highest BCUT2D eigenvalue weighted by Crippen LogP contribution is 2.42. The molecule has 94 valence electrons. The molecule has 2 aliphatic rings. The van der Waals surface area contributed by atoms with Crippen LogP contribution in [0.2, 0.25) is 0 Å². The molecule has 0 aromatic heterocycles. The molecule has 0 amide bonds. The molecule has 1 heterocycles. The highest BCUT2D eigenvalue weighted by Gasteiger charge is 2.40. The third kappa shape index (κ3) is 2.98. The van der Waals surface area contributed by atoms with E-state index in [0.29, 0.717) is 17.7 Å². The molecule has 1 saturated heterocycles. The lowest BCUT2D eigenvalue weighted by Gasteiger charge is -2.33. The molecule has 2 atom stereocenters. The van der Waals surface area contributed by atoms with Gasteiger partial charge in [-0.1, -0.05) is 26.2 Å². The predicted octanol–water partition coefficient (Wildman–Crippen LogP) is 3.39. The van der Waals surface area contributed by atoms with E-state index in [1.54, 1.807) is 0 Å². The molecule has 2 unspecified atom stereocenters. The normalized spacial score (nSPS) is 30.8. The van der Waals surface area contributed by atoms with Gasteiger partial charge < -0.3 is 10.5 Å². The molecule has 1 saturated carbocycles. The van der Waals surface area contributed by atoms with Gasteiger partial charge in [0.25, 0.3) is 0 Å². The predicted molar refractivity (Wildman–Crippen MR) is 67.4 cm³/mol. The van der Waals surface area contributed by atoms with E-state index in [1.807, 2.05) is 0 Å². The van der Waals surface area contributed by atoms with Gasteiger partial charge in [-0.2, -0.15) is 0 Å². The van der Waals surface area contributed by atoms with Crippen molar-refractivity contribution in [3.8, 4) is 0 Å². The summed E-state index contributed by atoms with van der Waals surface area (Å²) >= 11 is 0. The molecule has 1 aliphatic carbocycles. The van der Waals surface area contributed by atoms with Crippen molar-refractivity contribution in [1.29, 1.82) is 0 Å². The Kier molecular flexibility index (Phi) is 4.26. The first-order valence-electron chi connectivity index (χ1n) is 7.17. The molecule has 2 N–H and O–H groups in total. The Morgan fingerprint density at radius 3 is 2.69 bits per heavy atom. The number of hydrogen-bond donors (Lipinski definition) is 1. The van der Waals surface area contributed by atoms with E-state index in [-0.39, 0.29) is 0 Å². The summed E-state index contributed by atoms with van der Waals surface area (Å²) in [6, 6.07) is 0.381. The standard InChI is InChI=1S/C14H27NO/c1-2-12(15)6-7-13-8-11-14(16-13)9-4-3-5-10-14/h12-13H,2-11,15H2,1H3. The van der Waals surface area contributed by atoms with Crippen LogP contribution in [0.25, 0.3) is 0 Å². The number of hydrogen-bond acceptors (Lipinski definition) is 2. The molecule has 0 aromatic carbocycles. The first kappa shape index (κ1) is 12.4. The largest absolute Gasteiger partial charge is 0.372 e. The maximum absolute atomic E-state index is 6.33. The van der Waals surface area contributed by atoms with E-state index in [2.05, 4.69) is 6.92 Å². The molecule has 0 radical (unpaired) electrons. The van der Waals surface area contributed by atoms with Crippen LogP contribution >= 0.6 is 0 Å². The molecule has 16 heavy (non-hydrogen) atoms. The van der Waals surface area contributed by atoms with Gasteiger partial charge in [0.15, 0.2) is 0 Å². The van der Waals surface area contributed by atoms with Crippen LogP contribution in [0.1, 0.15) is 71.1 Å². The molecule has 2 fully saturated rings.